The number of aromatic hydroxyl groups is 1. The third-order valence-electron chi connectivity index (χ3n) is 3.47. The van der Waals surface area contributed by atoms with Crippen molar-refractivity contribution in [3.8, 4) is 5.75 Å². The summed E-state index contributed by atoms with van der Waals surface area (Å²) in [4.78, 5) is 0. The highest BCUT2D eigenvalue weighted by molar-refractivity contribution is 5.53. The number of nitrogens with two attached hydrogens (primary N) is 1. The van der Waals surface area contributed by atoms with Crippen LogP contribution >= 0.6 is 0 Å². The minimum Gasteiger partial charge on any atom is -0.508 e. The molecule has 0 atom stereocenters. The van der Waals surface area contributed by atoms with Gasteiger partial charge in [-0.3, -0.25) is 0 Å². The molecular formula is C16H27NO. The van der Waals surface area contributed by atoms with Gasteiger partial charge >= 0.3 is 0 Å². The van der Waals surface area contributed by atoms with Gasteiger partial charge in [0, 0.05) is 11.3 Å². The number of anilines is 1. The molecule has 0 bridgehead atoms. The van der Waals surface area contributed by atoms with Crippen LogP contribution in [0.5, 0.6) is 5.75 Å². The highest BCUT2D eigenvalue weighted by Gasteiger charge is 2.04. The second kappa shape index (κ2) is 8.84. The Morgan fingerprint density at radius 2 is 1.56 bits per heavy atom. The SMILES string of the molecule is CCCCCCCCCCc1c(N)cccc1O. The summed E-state index contributed by atoms with van der Waals surface area (Å²) in [7, 11) is 0. The van der Waals surface area contributed by atoms with Gasteiger partial charge in [0.15, 0.2) is 0 Å². The number of hydrogen-bond donors (Lipinski definition) is 2. The van der Waals surface area contributed by atoms with E-state index >= 15 is 0 Å². The minimum absolute atomic E-state index is 0.345. The Morgan fingerprint density at radius 1 is 0.944 bits per heavy atom. The fourth-order valence-electron chi connectivity index (χ4n) is 2.30. The van der Waals surface area contributed by atoms with Gasteiger partial charge in [-0.05, 0) is 25.0 Å². The number of rotatable bonds is 9. The molecule has 18 heavy (non-hydrogen) atoms. The fourth-order valence-corrected chi connectivity index (χ4v) is 2.30. The molecular weight excluding hydrogens is 222 g/mol. The first-order valence-corrected chi connectivity index (χ1v) is 7.32. The van der Waals surface area contributed by atoms with Crippen molar-refractivity contribution in [1.82, 2.24) is 0 Å². The number of unbranched alkanes of at least 4 members (excludes halogenated alkanes) is 7. The van der Waals surface area contributed by atoms with Gasteiger partial charge in [-0.15, -0.1) is 0 Å². The van der Waals surface area contributed by atoms with Crippen molar-refractivity contribution in [2.45, 2.75) is 64.7 Å². The zero-order chi connectivity index (χ0) is 13.2. The minimum atomic E-state index is 0.345. The predicted molar refractivity (Wildman–Crippen MR) is 78.8 cm³/mol. The zero-order valence-electron chi connectivity index (χ0n) is 11.6. The Kier molecular flexibility index (Phi) is 7.31. The number of benzene rings is 1. The largest absolute Gasteiger partial charge is 0.508 e. The molecule has 2 heteroatoms. The lowest BCUT2D eigenvalue weighted by Crippen LogP contribution is -1.95. The van der Waals surface area contributed by atoms with E-state index < -0.39 is 0 Å². The first-order valence-electron chi connectivity index (χ1n) is 7.32. The van der Waals surface area contributed by atoms with E-state index in [0.717, 1.165) is 24.1 Å². The van der Waals surface area contributed by atoms with Gasteiger partial charge in [-0.2, -0.15) is 0 Å². The van der Waals surface area contributed by atoms with Crippen molar-refractivity contribution in [3.05, 3.63) is 23.8 Å². The molecule has 0 aromatic heterocycles. The lowest BCUT2D eigenvalue weighted by atomic mass is 10.0. The van der Waals surface area contributed by atoms with Crippen molar-refractivity contribution in [1.29, 1.82) is 0 Å². The van der Waals surface area contributed by atoms with Crippen LogP contribution in [0.3, 0.4) is 0 Å². The Labute approximate surface area is 111 Å². The molecule has 2 nitrogen and oxygen atoms in total. The average Bonchev–Trinajstić information content (AvgIpc) is 2.35. The Balaban J connectivity index is 2.11. The van der Waals surface area contributed by atoms with Gasteiger partial charge < -0.3 is 10.8 Å². The molecule has 1 aromatic rings. The van der Waals surface area contributed by atoms with Crippen LogP contribution in [-0.4, -0.2) is 5.11 Å². The summed E-state index contributed by atoms with van der Waals surface area (Å²) in [5, 5.41) is 9.71. The molecule has 0 aliphatic carbocycles. The topological polar surface area (TPSA) is 46.2 Å². The summed E-state index contributed by atoms with van der Waals surface area (Å²) in [6.45, 7) is 2.25. The molecule has 0 aliphatic rings. The molecule has 0 radical (unpaired) electrons. The summed E-state index contributed by atoms with van der Waals surface area (Å²) in [6, 6.07) is 5.37. The maximum atomic E-state index is 9.71. The van der Waals surface area contributed by atoms with E-state index in [1.165, 1.54) is 44.9 Å². The first kappa shape index (κ1) is 14.9. The van der Waals surface area contributed by atoms with Crippen LogP contribution in [0, 0.1) is 0 Å². The van der Waals surface area contributed by atoms with E-state index in [1.807, 2.05) is 6.07 Å². The van der Waals surface area contributed by atoms with Crippen LogP contribution in [0.1, 0.15) is 63.9 Å². The highest BCUT2D eigenvalue weighted by atomic mass is 16.3. The average molecular weight is 249 g/mol. The second-order valence-corrected chi connectivity index (χ2v) is 5.07. The molecule has 0 saturated carbocycles. The molecule has 0 unspecified atom stereocenters. The molecule has 0 amide bonds. The fraction of sp³-hybridized carbons (Fsp3) is 0.625. The Morgan fingerprint density at radius 3 is 2.17 bits per heavy atom. The third-order valence-corrected chi connectivity index (χ3v) is 3.47. The molecule has 0 fully saturated rings. The zero-order valence-corrected chi connectivity index (χ0v) is 11.6. The second-order valence-electron chi connectivity index (χ2n) is 5.07. The van der Waals surface area contributed by atoms with Crippen molar-refractivity contribution in [3.63, 3.8) is 0 Å². The summed E-state index contributed by atoms with van der Waals surface area (Å²) in [6.07, 6.45) is 11.3. The lowest BCUT2D eigenvalue weighted by Gasteiger charge is -2.07. The van der Waals surface area contributed by atoms with Crippen LogP contribution in [0.4, 0.5) is 5.69 Å². The molecule has 1 aromatic carbocycles. The van der Waals surface area contributed by atoms with Crippen LogP contribution in [0.15, 0.2) is 18.2 Å². The summed E-state index contributed by atoms with van der Waals surface area (Å²) in [5.74, 6) is 0.345. The standard InChI is InChI=1S/C16H27NO/c1-2-3-4-5-6-7-8-9-11-14-15(17)12-10-13-16(14)18/h10,12-13,18H,2-9,11,17H2,1H3. The summed E-state index contributed by atoms with van der Waals surface area (Å²) < 4.78 is 0. The first-order chi connectivity index (χ1) is 8.75. The van der Waals surface area contributed by atoms with Crippen LogP contribution in [0.25, 0.3) is 0 Å². The Bertz CT molecular complexity index is 316. The highest BCUT2D eigenvalue weighted by Crippen LogP contribution is 2.25. The van der Waals surface area contributed by atoms with Gasteiger partial charge in [-0.1, -0.05) is 57.9 Å². The maximum Gasteiger partial charge on any atom is 0.120 e. The van der Waals surface area contributed by atoms with Gasteiger partial charge in [-0.25, -0.2) is 0 Å². The van der Waals surface area contributed by atoms with E-state index in [9.17, 15) is 5.11 Å². The third kappa shape index (κ3) is 5.44. The number of hydrogen-bond acceptors (Lipinski definition) is 2. The van der Waals surface area contributed by atoms with Crippen LogP contribution in [0.2, 0.25) is 0 Å². The van der Waals surface area contributed by atoms with Crippen LogP contribution < -0.4 is 5.73 Å². The quantitative estimate of drug-likeness (QED) is 0.494. The molecule has 0 spiro atoms. The monoisotopic (exact) mass is 249 g/mol. The van der Waals surface area contributed by atoms with Crippen molar-refractivity contribution < 1.29 is 5.11 Å². The van der Waals surface area contributed by atoms with Crippen molar-refractivity contribution in [2.24, 2.45) is 0 Å². The lowest BCUT2D eigenvalue weighted by molar-refractivity contribution is 0.466. The van der Waals surface area contributed by atoms with Crippen molar-refractivity contribution >= 4 is 5.69 Å². The number of phenols is 1. The van der Waals surface area contributed by atoms with E-state index in [1.54, 1.807) is 12.1 Å². The van der Waals surface area contributed by atoms with E-state index in [4.69, 9.17) is 5.73 Å². The number of nitrogen functional groups attached to an aromatic ring is 1. The van der Waals surface area contributed by atoms with Gasteiger partial charge in [0.1, 0.15) is 5.75 Å². The van der Waals surface area contributed by atoms with Crippen LogP contribution in [-0.2, 0) is 6.42 Å². The molecule has 0 heterocycles. The van der Waals surface area contributed by atoms with Gasteiger partial charge in [0.25, 0.3) is 0 Å². The Hall–Kier alpha value is -1.18. The van der Waals surface area contributed by atoms with E-state index in [2.05, 4.69) is 6.92 Å². The summed E-state index contributed by atoms with van der Waals surface area (Å²) in [5.41, 5.74) is 7.50. The number of phenolic OH excluding ortho intramolecular Hbond substituents is 1. The molecule has 1 rings (SSSR count). The van der Waals surface area contributed by atoms with Crippen molar-refractivity contribution in [2.75, 3.05) is 5.73 Å². The smallest absolute Gasteiger partial charge is 0.120 e. The van der Waals surface area contributed by atoms with Gasteiger partial charge in [0.2, 0.25) is 0 Å². The van der Waals surface area contributed by atoms with E-state index in [0.29, 0.717) is 5.75 Å². The normalized spacial score (nSPS) is 10.7. The predicted octanol–water partition coefficient (Wildman–Crippen LogP) is 4.66. The molecule has 3 N–H and O–H groups in total. The maximum absolute atomic E-state index is 9.71. The van der Waals surface area contributed by atoms with E-state index in [-0.39, 0.29) is 0 Å². The summed E-state index contributed by atoms with van der Waals surface area (Å²) >= 11 is 0. The van der Waals surface area contributed by atoms with Gasteiger partial charge in [0.05, 0.1) is 0 Å². The molecule has 102 valence electrons. The molecule has 0 aliphatic heterocycles. The molecule has 0 saturated heterocycles.